The van der Waals surface area contributed by atoms with Gasteiger partial charge in [0.1, 0.15) is 0 Å². The maximum Gasteiger partial charge on any atom is 0.356 e. The average molecular weight is 230 g/mol. The first-order valence-corrected chi connectivity index (χ1v) is 5.79. The van der Waals surface area contributed by atoms with Crippen LogP contribution in [0.25, 0.3) is 0 Å². The third kappa shape index (κ3) is 3.16. The average Bonchev–Trinajstić information content (AvgIpc) is 2.06. The minimum Gasteiger partial charge on any atom is -0.481 e. The molecular weight excluding hydrogens is 219 g/mol. The van der Waals surface area contributed by atoms with Gasteiger partial charge in [-0.15, -0.1) is 0 Å². The van der Waals surface area contributed by atoms with Gasteiger partial charge < -0.3 is 14.9 Å². The predicted octanol–water partition coefficient (Wildman–Crippen LogP) is 0.425. The third-order valence-corrected chi connectivity index (χ3v) is 2.96. The lowest BCUT2D eigenvalue weighted by atomic mass is 10.1. The zero-order chi connectivity index (χ0) is 11.6. The quantitative estimate of drug-likeness (QED) is 0.654. The van der Waals surface area contributed by atoms with E-state index in [1.807, 2.05) is 0 Å². The van der Waals surface area contributed by atoms with Gasteiger partial charge >= 0.3 is 13.6 Å². The molecule has 0 aromatic heterocycles. The summed E-state index contributed by atoms with van der Waals surface area (Å²) in [7, 11) is -4.30. The minimum atomic E-state index is -4.30. The number of carboxylic acid groups (broad SMARTS) is 1. The van der Waals surface area contributed by atoms with Gasteiger partial charge in [-0.1, -0.05) is 6.07 Å². The van der Waals surface area contributed by atoms with Crippen LogP contribution in [0.4, 0.5) is 0 Å². The number of benzene rings is 1. The molecule has 0 heterocycles. The van der Waals surface area contributed by atoms with E-state index in [1.54, 1.807) is 6.92 Å². The highest BCUT2D eigenvalue weighted by molar-refractivity contribution is 7.60. The number of carboxylic acids is 1. The van der Waals surface area contributed by atoms with Gasteiger partial charge in [-0.05, 0) is 30.2 Å². The van der Waals surface area contributed by atoms with Gasteiger partial charge in [-0.25, -0.2) is 0 Å². The molecule has 1 rings (SSSR count). The number of rotatable bonds is 3. The molecular formula is C9H11O5P. The summed E-state index contributed by atoms with van der Waals surface area (Å²) in [6, 6.07) is 4.05. The number of hydrogen-bond acceptors (Lipinski definition) is 2. The van der Waals surface area contributed by atoms with E-state index in [1.165, 1.54) is 18.2 Å². The molecule has 0 bridgehead atoms. The van der Waals surface area contributed by atoms with Crippen molar-refractivity contribution in [3.05, 3.63) is 29.3 Å². The van der Waals surface area contributed by atoms with E-state index in [0.717, 1.165) is 0 Å². The monoisotopic (exact) mass is 230 g/mol. The summed E-state index contributed by atoms with van der Waals surface area (Å²) in [5.74, 6) is -1.03. The number of hydrogen-bond donors (Lipinski definition) is 3. The molecule has 0 atom stereocenters. The molecule has 0 saturated carbocycles. The molecule has 82 valence electrons. The minimum absolute atomic E-state index is 0.149. The zero-order valence-electron chi connectivity index (χ0n) is 8.04. The Labute approximate surface area is 86.5 Å². The van der Waals surface area contributed by atoms with Crippen LogP contribution in [-0.4, -0.2) is 20.9 Å². The Morgan fingerprint density at radius 1 is 1.40 bits per heavy atom. The van der Waals surface area contributed by atoms with Crippen LogP contribution in [0, 0.1) is 6.92 Å². The van der Waals surface area contributed by atoms with Crippen LogP contribution >= 0.6 is 7.60 Å². The Kier molecular flexibility index (Phi) is 3.29. The zero-order valence-corrected chi connectivity index (χ0v) is 8.94. The molecule has 0 aliphatic carbocycles. The van der Waals surface area contributed by atoms with Gasteiger partial charge in [-0.2, -0.15) is 0 Å². The van der Waals surface area contributed by atoms with E-state index in [-0.39, 0.29) is 11.7 Å². The van der Waals surface area contributed by atoms with Crippen LogP contribution in [-0.2, 0) is 15.8 Å². The molecule has 6 heteroatoms. The van der Waals surface area contributed by atoms with E-state index in [2.05, 4.69) is 0 Å². The van der Waals surface area contributed by atoms with Gasteiger partial charge in [0.15, 0.2) is 0 Å². The van der Waals surface area contributed by atoms with E-state index < -0.39 is 13.6 Å². The van der Waals surface area contributed by atoms with Crippen molar-refractivity contribution in [1.82, 2.24) is 0 Å². The van der Waals surface area contributed by atoms with Gasteiger partial charge in [0.05, 0.1) is 11.7 Å². The van der Waals surface area contributed by atoms with Gasteiger partial charge in [0.2, 0.25) is 0 Å². The Balaban J connectivity index is 3.17. The summed E-state index contributed by atoms with van der Waals surface area (Å²) in [5.41, 5.74) is 1.12. The second kappa shape index (κ2) is 4.14. The fourth-order valence-electron chi connectivity index (χ4n) is 1.19. The highest BCUT2D eigenvalue weighted by atomic mass is 31.2. The van der Waals surface area contributed by atoms with E-state index in [0.29, 0.717) is 11.1 Å². The largest absolute Gasteiger partial charge is 0.481 e. The van der Waals surface area contributed by atoms with E-state index >= 15 is 0 Å². The summed E-state index contributed by atoms with van der Waals surface area (Å²) in [6.07, 6.45) is -0.236. The van der Waals surface area contributed by atoms with Crippen LogP contribution in [0.5, 0.6) is 0 Å². The summed E-state index contributed by atoms with van der Waals surface area (Å²) in [4.78, 5) is 28.3. The van der Waals surface area contributed by atoms with Crippen molar-refractivity contribution in [2.45, 2.75) is 13.3 Å². The lowest BCUT2D eigenvalue weighted by Gasteiger charge is -2.08. The van der Waals surface area contributed by atoms with Crippen LogP contribution in [0.1, 0.15) is 11.1 Å². The highest BCUT2D eigenvalue weighted by Crippen LogP contribution is 2.33. The van der Waals surface area contributed by atoms with Gasteiger partial charge in [-0.3, -0.25) is 9.36 Å². The SMILES string of the molecule is Cc1ccc(P(=O)(O)O)cc1CC(=O)O. The second-order valence-electron chi connectivity index (χ2n) is 3.23. The van der Waals surface area contributed by atoms with Crippen molar-refractivity contribution in [3.8, 4) is 0 Å². The molecule has 0 fully saturated rings. The topological polar surface area (TPSA) is 94.8 Å². The third-order valence-electron chi connectivity index (χ3n) is 2.01. The second-order valence-corrected chi connectivity index (χ2v) is 4.83. The van der Waals surface area contributed by atoms with Crippen molar-refractivity contribution >= 4 is 18.9 Å². The molecule has 0 unspecified atom stereocenters. The molecule has 15 heavy (non-hydrogen) atoms. The first-order chi connectivity index (χ1) is 6.80. The molecule has 1 aromatic carbocycles. The molecule has 0 aliphatic rings. The smallest absolute Gasteiger partial charge is 0.356 e. The summed E-state index contributed by atoms with van der Waals surface area (Å²) < 4.78 is 10.9. The first kappa shape index (κ1) is 11.9. The Morgan fingerprint density at radius 3 is 2.47 bits per heavy atom. The normalized spacial score (nSPS) is 11.4. The molecule has 0 aliphatic heterocycles. The van der Waals surface area contributed by atoms with Crippen LogP contribution < -0.4 is 5.30 Å². The molecule has 0 spiro atoms. The van der Waals surface area contributed by atoms with E-state index in [9.17, 15) is 9.36 Å². The summed E-state index contributed by atoms with van der Waals surface area (Å²) in [5, 5.41) is 8.44. The number of aryl methyl sites for hydroxylation is 1. The van der Waals surface area contributed by atoms with Crippen molar-refractivity contribution in [1.29, 1.82) is 0 Å². The highest BCUT2D eigenvalue weighted by Gasteiger charge is 2.18. The van der Waals surface area contributed by atoms with Crippen molar-refractivity contribution in [3.63, 3.8) is 0 Å². The fourth-order valence-corrected chi connectivity index (χ4v) is 1.79. The van der Waals surface area contributed by atoms with Crippen LogP contribution in [0.2, 0.25) is 0 Å². The first-order valence-electron chi connectivity index (χ1n) is 4.18. The van der Waals surface area contributed by atoms with Gasteiger partial charge in [0, 0.05) is 0 Å². The summed E-state index contributed by atoms with van der Waals surface area (Å²) in [6.45, 7) is 1.70. The summed E-state index contributed by atoms with van der Waals surface area (Å²) >= 11 is 0. The molecule has 1 aromatic rings. The molecule has 0 amide bonds. The van der Waals surface area contributed by atoms with Crippen LogP contribution in [0.15, 0.2) is 18.2 Å². The molecule has 0 saturated heterocycles. The van der Waals surface area contributed by atoms with Crippen molar-refractivity contribution < 1.29 is 24.3 Å². The Morgan fingerprint density at radius 2 is 2.00 bits per heavy atom. The Hall–Kier alpha value is -1.16. The molecule has 0 radical (unpaired) electrons. The molecule has 5 nitrogen and oxygen atoms in total. The maximum atomic E-state index is 10.9. The van der Waals surface area contributed by atoms with Crippen LogP contribution in [0.3, 0.4) is 0 Å². The number of aliphatic carboxylic acids is 1. The van der Waals surface area contributed by atoms with E-state index in [4.69, 9.17) is 14.9 Å². The number of carbonyl (C=O) groups is 1. The lowest BCUT2D eigenvalue weighted by Crippen LogP contribution is -2.09. The standard InChI is InChI=1S/C9H11O5P/c1-6-2-3-8(15(12,13)14)4-7(6)5-9(10)11/h2-4H,5H2,1H3,(H,10,11)(H2,12,13,14). The Bertz CT molecular complexity index is 434. The maximum absolute atomic E-state index is 10.9. The van der Waals surface area contributed by atoms with Gasteiger partial charge in [0.25, 0.3) is 0 Å². The lowest BCUT2D eigenvalue weighted by molar-refractivity contribution is -0.136. The van der Waals surface area contributed by atoms with Crippen molar-refractivity contribution in [2.75, 3.05) is 0 Å². The van der Waals surface area contributed by atoms with Crippen molar-refractivity contribution in [2.24, 2.45) is 0 Å². The predicted molar refractivity (Wildman–Crippen MR) is 54.2 cm³/mol. The fraction of sp³-hybridized carbons (Fsp3) is 0.222. The molecule has 3 N–H and O–H groups in total.